The van der Waals surface area contributed by atoms with Crippen LogP contribution in [0.5, 0.6) is 17.2 Å². The van der Waals surface area contributed by atoms with Crippen molar-refractivity contribution in [2.45, 2.75) is 147 Å². The Morgan fingerprint density at radius 1 is 0.984 bits per heavy atom. The van der Waals surface area contributed by atoms with Crippen molar-refractivity contribution >= 4 is 17.8 Å². The number of aliphatic hydroxyl groups is 4. The van der Waals surface area contributed by atoms with Gasteiger partial charge in [-0.05, 0) is 99.6 Å². The van der Waals surface area contributed by atoms with Gasteiger partial charge in [0.2, 0.25) is 6.29 Å². The lowest BCUT2D eigenvalue weighted by Crippen LogP contribution is -2.78. The Hall–Kier alpha value is -4.54. The molecule has 4 N–H and O–H groups in total. The first kappa shape index (κ1) is 45.5. The molecular weight excluding hydrogens is 797 g/mol. The third kappa shape index (κ3) is 7.08. The molecule has 1 spiro atoms. The molecule has 14 nitrogen and oxygen atoms in total. The highest BCUT2D eigenvalue weighted by Gasteiger charge is 2.84. The number of nitriles is 2. The lowest BCUT2D eigenvalue weighted by atomic mass is 9.42. The van der Waals surface area contributed by atoms with E-state index in [4.69, 9.17) is 28.4 Å². The molecule has 4 aliphatic heterocycles. The molecule has 7 aliphatic rings. The summed E-state index contributed by atoms with van der Waals surface area (Å²) >= 11 is 0. The molecule has 0 radical (unpaired) electrons. The van der Waals surface area contributed by atoms with Crippen LogP contribution in [0.4, 0.5) is 0 Å². The van der Waals surface area contributed by atoms with Crippen LogP contribution in [0, 0.1) is 52.3 Å². The topological polar surface area (TPSA) is 218 Å². The molecule has 4 heterocycles. The van der Waals surface area contributed by atoms with E-state index in [2.05, 4.69) is 18.2 Å². The lowest BCUT2D eigenvalue weighted by molar-refractivity contribution is -0.277. The Morgan fingerprint density at radius 3 is 2.31 bits per heavy atom. The van der Waals surface area contributed by atoms with Gasteiger partial charge in [-0.25, -0.2) is 4.79 Å². The summed E-state index contributed by atoms with van der Waals surface area (Å²) in [5.74, 6) is -3.77. The van der Waals surface area contributed by atoms with Crippen molar-refractivity contribution in [2.75, 3.05) is 13.7 Å². The van der Waals surface area contributed by atoms with Crippen LogP contribution < -0.4 is 14.2 Å². The minimum Gasteiger partial charge on any atom is -0.482 e. The predicted octanol–water partition coefficient (Wildman–Crippen LogP) is 5.13. The third-order valence-electron chi connectivity index (χ3n) is 14.2. The van der Waals surface area contributed by atoms with Crippen LogP contribution in [0.15, 0.2) is 41.0 Å². The second-order valence-corrected chi connectivity index (χ2v) is 19.1. The van der Waals surface area contributed by atoms with Crippen LogP contribution >= 0.6 is 0 Å². The maximum atomic E-state index is 15.3. The van der Waals surface area contributed by atoms with E-state index in [-0.39, 0.29) is 29.9 Å². The normalized spacial score (nSPS) is 35.9. The number of allylic oxidation sites excluding steroid dienone is 4. The van der Waals surface area contributed by atoms with Crippen LogP contribution in [-0.2, 0) is 36.6 Å². The van der Waals surface area contributed by atoms with Crippen LogP contribution in [0.1, 0.15) is 97.8 Å². The zero-order chi connectivity index (χ0) is 45.3. The number of benzene rings is 1. The van der Waals surface area contributed by atoms with Crippen molar-refractivity contribution in [1.82, 2.24) is 0 Å². The van der Waals surface area contributed by atoms with Gasteiger partial charge >= 0.3 is 5.97 Å². The molecule has 2 saturated heterocycles. The first-order valence-electron chi connectivity index (χ1n) is 21.6. The van der Waals surface area contributed by atoms with Crippen molar-refractivity contribution in [3.8, 4) is 29.4 Å². The van der Waals surface area contributed by atoms with Gasteiger partial charge in [0.15, 0.2) is 17.0 Å². The van der Waals surface area contributed by atoms with Gasteiger partial charge in [-0.1, -0.05) is 29.4 Å². The molecular formula is C48H60N2O12. The molecule has 14 heteroatoms. The Kier molecular flexibility index (Phi) is 12.1. The molecule has 334 valence electrons. The van der Waals surface area contributed by atoms with Crippen molar-refractivity contribution in [3.63, 3.8) is 0 Å². The van der Waals surface area contributed by atoms with Gasteiger partial charge in [0.25, 0.3) is 0 Å². The monoisotopic (exact) mass is 856 g/mol. The number of nitrogens with zero attached hydrogens (tertiary/aromatic N) is 2. The number of rotatable bonds is 12. The predicted molar refractivity (Wildman–Crippen MR) is 224 cm³/mol. The number of fused-ring (bicyclic) bond motifs is 2. The largest absolute Gasteiger partial charge is 0.482 e. The fourth-order valence-electron chi connectivity index (χ4n) is 11.2. The molecule has 12 atom stereocenters. The molecule has 4 bridgehead atoms. The van der Waals surface area contributed by atoms with Crippen molar-refractivity contribution in [2.24, 2.45) is 29.6 Å². The van der Waals surface area contributed by atoms with Crippen molar-refractivity contribution in [3.05, 3.63) is 57.7 Å². The number of Topliss-reactive ketones (excluding diaryl/α,β-unsaturated/α-hetero) is 1. The number of aliphatic hydroxyl groups excluding tert-OH is 4. The summed E-state index contributed by atoms with van der Waals surface area (Å²) in [6, 6.07) is 4.37. The van der Waals surface area contributed by atoms with Crippen LogP contribution in [-0.4, -0.2) is 99.0 Å². The smallest absolute Gasteiger partial charge is 0.333 e. The Labute approximate surface area is 363 Å². The molecule has 1 aromatic carbocycles. The van der Waals surface area contributed by atoms with Gasteiger partial charge in [-0.15, -0.1) is 0 Å². The number of carbonyl (C=O) groups is 2. The van der Waals surface area contributed by atoms with Gasteiger partial charge in [-0.3, -0.25) is 4.79 Å². The summed E-state index contributed by atoms with van der Waals surface area (Å²) in [4.78, 5) is 28.1. The van der Waals surface area contributed by atoms with Crippen LogP contribution in [0.3, 0.4) is 0 Å². The quantitative estimate of drug-likeness (QED) is 0.122. The molecule has 3 aliphatic carbocycles. The fraction of sp³-hybridized carbons (Fsp3) is 0.625. The lowest BCUT2D eigenvalue weighted by Gasteiger charge is -2.64. The minimum absolute atomic E-state index is 0.0460. The van der Waals surface area contributed by atoms with E-state index in [1.54, 1.807) is 13.0 Å². The number of methoxy groups -OCH3 is 1. The third-order valence-corrected chi connectivity index (χ3v) is 14.2. The number of esters is 1. The molecule has 1 aromatic rings. The average molecular weight is 857 g/mol. The van der Waals surface area contributed by atoms with Gasteiger partial charge < -0.3 is 48.8 Å². The van der Waals surface area contributed by atoms with E-state index >= 15 is 4.79 Å². The summed E-state index contributed by atoms with van der Waals surface area (Å²) in [5.41, 5.74) is -0.764. The summed E-state index contributed by atoms with van der Waals surface area (Å²) in [6.45, 7) is 14.8. The second-order valence-electron chi connectivity index (χ2n) is 19.1. The van der Waals surface area contributed by atoms with Crippen LogP contribution in [0.2, 0.25) is 0 Å². The molecule has 0 aromatic heterocycles. The summed E-state index contributed by atoms with van der Waals surface area (Å²) in [6.07, 6.45) is 3.76. The Morgan fingerprint density at radius 2 is 1.68 bits per heavy atom. The minimum atomic E-state index is -1.75. The van der Waals surface area contributed by atoms with E-state index in [0.717, 1.165) is 12.0 Å². The summed E-state index contributed by atoms with van der Waals surface area (Å²) < 4.78 is 39.4. The Bertz CT molecular complexity index is 2190. The second kappa shape index (κ2) is 16.5. The summed E-state index contributed by atoms with van der Waals surface area (Å²) in [7, 11) is 1.28. The number of ketones is 1. The number of carbonyl (C=O) groups excluding carboxylic acids is 2. The average Bonchev–Trinajstić information content (AvgIpc) is 3.37. The molecule has 3 saturated carbocycles. The van der Waals surface area contributed by atoms with Gasteiger partial charge in [0, 0.05) is 46.8 Å². The number of hydrogen-bond donors (Lipinski definition) is 4. The highest BCUT2D eigenvalue weighted by atomic mass is 16.7. The number of hydrogen-bond acceptors (Lipinski definition) is 14. The van der Waals surface area contributed by atoms with Gasteiger partial charge in [-0.2, -0.15) is 10.5 Å². The van der Waals surface area contributed by atoms with E-state index in [1.165, 1.54) is 12.7 Å². The van der Waals surface area contributed by atoms with Gasteiger partial charge in [0.05, 0.1) is 37.0 Å². The van der Waals surface area contributed by atoms with Gasteiger partial charge in [0.1, 0.15) is 53.2 Å². The maximum absolute atomic E-state index is 15.3. The standard InChI is InChI=1S/C48H60N2O12/c1-24(2)11-10-16-46(8)17-15-29-39(59-44-38(54)37(53)36(52)33(23-51)58-44)31-19-32-35(27(21-49)22-50)30-20-34-45(6,7)62-47(42(30)55,18-14-26(5)43(56)57-9)48(32,34)61-41(31)28(40(29)60-46)13-12-25(3)4/h11-12,14-15,17,27,30,32-38,44,51-54H,10,13,16,18-20,23H2,1-9H3/b26-14-/t30?,32?,33-,34?,35?,36-,37+,38-,44+,46?,47?,48?/m0/s1. The molecule has 0 amide bonds. The maximum Gasteiger partial charge on any atom is 0.333 e. The van der Waals surface area contributed by atoms with E-state index < -0.39 is 95.3 Å². The molecule has 7 unspecified atom stereocenters. The van der Waals surface area contributed by atoms with Crippen molar-refractivity contribution < 1.29 is 58.4 Å². The molecule has 62 heavy (non-hydrogen) atoms. The zero-order valence-electron chi connectivity index (χ0n) is 37.1. The SMILES string of the molecule is COC(=O)/C(C)=C\CC12OC(C)(C)C3CC(C1=O)C(C(C#N)C#N)C1Cc4c(O[C@H]5O[C@@H](CO)[C@H](O)[C@@H](O)[C@@H]5O)c5c(c(CC=C(C)C)c4OC132)OC(C)(CCC=C(C)C)C=C5. The highest BCUT2D eigenvalue weighted by molar-refractivity contribution is 5.96. The fourth-order valence-corrected chi connectivity index (χ4v) is 11.2. The highest BCUT2D eigenvalue weighted by Crippen LogP contribution is 2.72. The molecule has 5 fully saturated rings. The van der Waals surface area contributed by atoms with Crippen LogP contribution in [0.25, 0.3) is 6.08 Å². The first-order chi connectivity index (χ1) is 29.2. The van der Waals surface area contributed by atoms with Crippen molar-refractivity contribution in [1.29, 1.82) is 10.5 Å². The van der Waals surface area contributed by atoms with E-state index in [1.807, 2.05) is 66.7 Å². The molecule has 8 rings (SSSR count). The Balaban J connectivity index is 1.52. The van der Waals surface area contributed by atoms with E-state index in [9.17, 15) is 35.7 Å². The zero-order valence-corrected chi connectivity index (χ0v) is 37.1. The van der Waals surface area contributed by atoms with E-state index in [0.29, 0.717) is 47.5 Å². The number of ether oxygens (including phenoxy) is 6. The first-order valence-corrected chi connectivity index (χ1v) is 21.6. The summed E-state index contributed by atoms with van der Waals surface area (Å²) in [5, 5.41) is 64.0.